The van der Waals surface area contributed by atoms with Gasteiger partial charge in [-0.3, -0.25) is 9.48 Å². The number of nitrogens with zero attached hydrogens (tertiary/aromatic N) is 4. The van der Waals surface area contributed by atoms with Crippen LogP contribution in [0.15, 0.2) is 12.3 Å². The minimum Gasteiger partial charge on any atom is -0.324 e. The van der Waals surface area contributed by atoms with E-state index in [1.165, 1.54) is 13.2 Å². The van der Waals surface area contributed by atoms with Gasteiger partial charge in [-0.05, 0) is 13.0 Å². The highest BCUT2D eigenvalue weighted by atomic mass is 32.2. The van der Waals surface area contributed by atoms with E-state index < -0.39 is 15.9 Å². The number of nitrogens with one attached hydrogen (secondary N) is 1. The number of amides is 1. The molecule has 2 aromatic heterocycles. The van der Waals surface area contributed by atoms with Crippen LogP contribution in [-0.4, -0.2) is 53.2 Å². The fraction of sp³-hybridized carbons (Fsp3) is 0.417. The van der Waals surface area contributed by atoms with Crippen LogP contribution in [-0.2, 0) is 21.9 Å². The lowest BCUT2D eigenvalue weighted by molar-refractivity contribution is -0.116. The summed E-state index contributed by atoms with van der Waals surface area (Å²) >= 11 is 0. The first kappa shape index (κ1) is 15.4. The van der Waals surface area contributed by atoms with E-state index in [0.29, 0.717) is 5.69 Å². The highest BCUT2D eigenvalue weighted by molar-refractivity contribution is 7.88. The average molecular weight is 311 g/mol. The number of anilines is 1. The van der Waals surface area contributed by atoms with Crippen molar-refractivity contribution in [3.05, 3.63) is 18.0 Å². The molecule has 1 amide bonds. The van der Waals surface area contributed by atoms with Crippen molar-refractivity contribution in [1.82, 2.24) is 19.1 Å². The van der Waals surface area contributed by atoms with Crippen LogP contribution < -0.4 is 5.32 Å². The van der Waals surface area contributed by atoms with E-state index in [1.807, 2.05) is 6.92 Å². The van der Waals surface area contributed by atoms with Crippen molar-refractivity contribution in [2.24, 2.45) is 7.05 Å². The maximum Gasteiger partial charge on any atom is 0.239 e. The van der Waals surface area contributed by atoms with Crippen LogP contribution in [0.1, 0.15) is 5.69 Å². The number of hydrogen-bond acceptors (Lipinski definition) is 5. The van der Waals surface area contributed by atoms with Crippen molar-refractivity contribution in [3.63, 3.8) is 0 Å². The number of aryl methyl sites for hydroxylation is 2. The Morgan fingerprint density at radius 3 is 2.76 bits per heavy atom. The molecule has 114 valence electrons. The predicted octanol–water partition coefficient (Wildman–Crippen LogP) is 0.107. The lowest BCUT2D eigenvalue weighted by Gasteiger charge is -2.13. The van der Waals surface area contributed by atoms with Crippen LogP contribution in [0, 0.1) is 6.92 Å². The average Bonchev–Trinajstić information content (AvgIpc) is 2.63. The van der Waals surface area contributed by atoms with Gasteiger partial charge >= 0.3 is 0 Å². The molecule has 0 saturated carbocycles. The van der Waals surface area contributed by atoms with Gasteiger partial charge in [0.05, 0.1) is 30.4 Å². The molecule has 0 saturated heterocycles. The Morgan fingerprint density at radius 1 is 1.48 bits per heavy atom. The van der Waals surface area contributed by atoms with Crippen LogP contribution >= 0.6 is 0 Å². The Balaban J connectivity index is 2.17. The van der Waals surface area contributed by atoms with Gasteiger partial charge in [-0.2, -0.15) is 9.40 Å². The number of aromatic nitrogens is 3. The Morgan fingerprint density at radius 2 is 2.14 bits per heavy atom. The highest BCUT2D eigenvalue weighted by Crippen LogP contribution is 2.19. The first-order valence-electron chi connectivity index (χ1n) is 6.19. The van der Waals surface area contributed by atoms with E-state index in [2.05, 4.69) is 15.4 Å². The predicted molar refractivity (Wildman–Crippen MR) is 79.3 cm³/mol. The molecule has 0 unspecified atom stereocenters. The standard InChI is InChI=1S/C12H17N5O3S/c1-8-10-5-9(6-13-12(10)17(3)15-8)14-11(18)7-16(2)21(4,19)20/h5-6H,7H2,1-4H3,(H,14,18). The quantitative estimate of drug-likeness (QED) is 0.864. The summed E-state index contributed by atoms with van der Waals surface area (Å²) < 4.78 is 25.2. The van der Waals surface area contributed by atoms with Gasteiger partial charge in [0.1, 0.15) is 0 Å². The van der Waals surface area contributed by atoms with Gasteiger partial charge in [-0.15, -0.1) is 0 Å². The van der Waals surface area contributed by atoms with Gasteiger partial charge in [0.15, 0.2) is 5.65 Å². The van der Waals surface area contributed by atoms with Crippen LogP contribution in [0.3, 0.4) is 0 Å². The van der Waals surface area contributed by atoms with E-state index in [1.54, 1.807) is 17.8 Å². The zero-order chi connectivity index (χ0) is 15.8. The van der Waals surface area contributed by atoms with Crippen molar-refractivity contribution >= 4 is 32.7 Å². The van der Waals surface area contributed by atoms with Gasteiger partial charge in [-0.25, -0.2) is 13.4 Å². The summed E-state index contributed by atoms with van der Waals surface area (Å²) in [6.45, 7) is 1.61. The van der Waals surface area contributed by atoms with Crippen LogP contribution in [0.5, 0.6) is 0 Å². The topological polar surface area (TPSA) is 97.2 Å². The summed E-state index contributed by atoms with van der Waals surface area (Å²) in [5.74, 6) is -0.425. The molecule has 2 rings (SSSR count). The van der Waals surface area contributed by atoms with E-state index in [0.717, 1.165) is 27.3 Å². The number of hydrogen-bond donors (Lipinski definition) is 1. The molecule has 21 heavy (non-hydrogen) atoms. The summed E-state index contributed by atoms with van der Waals surface area (Å²) in [7, 11) is -0.243. The fourth-order valence-corrected chi connectivity index (χ4v) is 2.25. The molecule has 0 bridgehead atoms. The molecule has 2 heterocycles. The zero-order valence-electron chi connectivity index (χ0n) is 12.3. The number of rotatable bonds is 4. The molecular weight excluding hydrogens is 294 g/mol. The molecule has 0 fully saturated rings. The van der Waals surface area contributed by atoms with Gasteiger partial charge in [0.2, 0.25) is 15.9 Å². The largest absolute Gasteiger partial charge is 0.324 e. The summed E-state index contributed by atoms with van der Waals surface area (Å²) in [6.07, 6.45) is 2.56. The van der Waals surface area contributed by atoms with Crippen LogP contribution in [0.25, 0.3) is 11.0 Å². The summed E-state index contributed by atoms with van der Waals surface area (Å²) in [4.78, 5) is 16.1. The normalized spacial score (nSPS) is 12.0. The summed E-state index contributed by atoms with van der Waals surface area (Å²) in [5, 5.41) is 7.71. The van der Waals surface area contributed by atoms with Crippen molar-refractivity contribution in [1.29, 1.82) is 0 Å². The molecule has 8 nitrogen and oxygen atoms in total. The number of sulfonamides is 1. The first-order valence-corrected chi connectivity index (χ1v) is 8.04. The fourth-order valence-electron chi connectivity index (χ4n) is 1.90. The monoisotopic (exact) mass is 311 g/mol. The molecule has 0 aliphatic carbocycles. The maximum absolute atomic E-state index is 11.8. The van der Waals surface area contributed by atoms with Crippen molar-refractivity contribution in [3.8, 4) is 0 Å². The number of pyridine rings is 1. The third-order valence-electron chi connectivity index (χ3n) is 3.08. The molecular formula is C12H17N5O3S. The number of likely N-dealkylation sites (N-methyl/N-ethyl adjacent to an activating group) is 1. The van der Waals surface area contributed by atoms with Crippen LogP contribution in [0.4, 0.5) is 5.69 Å². The van der Waals surface area contributed by atoms with E-state index in [-0.39, 0.29) is 6.54 Å². The molecule has 0 atom stereocenters. The third kappa shape index (κ3) is 3.37. The smallest absolute Gasteiger partial charge is 0.239 e. The third-order valence-corrected chi connectivity index (χ3v) is 4.34. The second kappa shape index (κ2) is 5.41. The second-order valence-corrected chi connectivity index (χ2v) is 6.96. The molecule has 0 aliphatic rings. The molecule has 2 aromatic rings. The molecule has 0 aliphatic heterocycles. The zero-order valence-corrected chi connectivity index (χ0v) is 13.1. The number of carbonyl (C=O) groups excluding carboxylic acids is 1. The second-order valence-electron chi connectivity index (χ2n) is 4.87. The minimum absolute atomic E-state index is 0.247. The van der Waals surface area contributed by atoms with Crippen molar-refractivity contribution < 1.29 is 13.2 Å². The Hall–Kier alpha value is -2.00. The Labute approximate surface area is 122 Å². The van der Waals surface area contributed by atoms with Crippen molar-refractivity contribution in [2.75, 3.05) is 25.2 Å². The lowest BCUT2D eigenvalue weighted by atomic mass is 10.2. The molecule has 1 N–H and O–H groups in total. The summed E-state index contributed by atoms with van der Waals surface area (Å²) in [5.41, 5.74) is 2.04. The SMILES string of the molecule is Cc1nn(C)c2ncc(NC(=O)CN(C)S(C)(=O)=O)cc12. The van der Waals surface area contributed by atoms with E-state index in [9.17, 15) is 13.2 Å². The van der Waals surface area contributed by atoms with E-state index in [4.69, 9.17) is 0 Å². The minimum atomic E-state index is -3.38. The Bertz CT molecular complexity index is 797. The van der Waals surface area contributed by atoms with Crippen LogP contribution in [0.2, 0.25) is 0 Å². The van der Waals surface area contributed by atoms with Gasteiger partial charge < -0.3 is 5.32 Å². The Kier molecular flexibility index (Phi) is 3.97. The van der Waals surface area contributed by atoms with Gasteiger partial charge in [-0.1, -0.05) is 0 Å². The molecule has 0 spiro atoms. The first-order chi connectivity index (χ1) is 9.68. The van der Waals surface area contributed by atoms with Crippen molar-refractivity contribution in [2.45, 2.75) is 6.92 Å². The van der Waals surface area contributed by atoms with E-state index >= 15 is 0 Å². The molecule has 0 radical (unpaired) electrons. The van der Waals surface area contributed by atoms with Gasteiger partial charge in [0, 0.05) is 19.5 Å². The molecule has 0 aromatic carbocycles. The van der Waals surface area contributed by atoms with Gasteiger partial charge in [0.25, 0.3) is 0 Å². The lowest BCUT2D eigenvalue weighted by Crippen LogP contribution is -2.34. The molecule has 9 heteroatoms. The highest BCUT2D eigenvalue weighted by Gasteiger charge is 2.15. The summed E-state index contributed by atoms with van der Waals surface area (Å²) in [6, 6.07) is 1.77. The number of fused-ring (bicyclic) bond motifs is 1. The maximum atomic E-state index is 11.8. The number of carbonyl (C=O) groups is 1.